The van der Waals surface area contributed by atoms with E-state index in [0.717, 1.165) is 31.4 Å². The molecule has 6 heteroatoms. The molecule has 1 aromatic rings. The van der Waals surface area contributed by atoms with Gasteiger partial charge >= 0.3 is 0 Å². The van der Waals surface area contributed by atoms with Crippen LogP contribution in [-0.2, 0) is 11.2 Å². The standard InChI is InChI=1S/C20H32N4O.HI/c1-16(2)23-19(25)9-12-22-20(21-3)24-13-10-18(11-14-24)15-17-7-5-4-6-8-17;/h4-8,16,18H,9-15H2,1-3H3,(H,21,22)(H,23,25);1H. The Kier molecular flexibility index (Phi) is 10.6. The minimum atomic E-state index is 0. The second-order valence-electron chi connectivity index (χ2n) is 7.07. The van der Waals surface area contributed by atoms with Crippen molar-refractivity contribution < 1.29 is 4.79 Å². The second-order valence-corrected chi connectivity index (χ2v) is 7.07. The molecule has 146 valence electrons. The smallest absolute Gasteiger partial charge is 0.221 e. The number of benzene rings is 1. The molecule has 0 bridgehead atoms. The molecule has 0 spiro atoms. The van der Waals surface area contributed by atoms with Crippen molar-refractivity contribution in [1.82, 2.24) is 15.5 Å². The van der Waals surface area contributed by atoms with Crippen LogP contribution >= 0.6 is 24.0 Å². The number of nitrogens with one attached hydrogen (secondary N) is 2. The number of likely N-dealkylation sites (tertiary alicyclic amines) is 1. The van der Waals surface area contributed by atoms with Crippen LogP contribution < -0.4 is 10.6 Å². The first kappa shape index (κ1) is 22.7. The third-order valence-corrected chi connectivity index (χ3v) is 4.58. The Morgan fingerprint density at radius 1 is 1.23 bits per heavy atom. The number of rotatable bonds is 6. The Hall–Kier alpha value is -1.31. The number of amides is 1. The average Bonchev–Trinajstić information content (AvgIpc) is 2.60. The number of carbonyl (C=O) groups is 1. The summed E-state index contributed by atoms with van der Waals surface area (Å²) in [5.74, 6) is 1.74. The zero-order valence-electron chi connectivity index (χ0n) is 16.2. The number of piperidine rings is 1. The monoisotopic (exact) mass is 472 g/mol. The van der Waals surface area contributed by atoms with E-state index in [-0.39, 0.29) is 35.9 Å². The molecule has 1 aliphatic heterocycles. The summed E-state index contributed by atoms with van der Waals surface area (Å²) in [5, 5.41) is 6.23. The van der Waals surface area contributed by atoms with Gasteiger partial charge in [0.05, 0.1) is 0 Å². The summed E-state index contributed by atoms with van der Waals surface area (Å²) in [6, 6.07) is 10.9. The van der Waals surface area contributed by atoms with Crippen LogP contribution in [0.15, 0.2) is 35.3 Å². The number of hydrogen-bond donors (Lipinski definition) is 2. The summed E-state index contributed by atoms with van der Waals surface area (Å²) in [5.41, 5.74) is 1.43. The van der Waals surface area contributed by atoms with Crippen molar-refractivity contribution in [1.29, 1.82) is 0 Å². The molecule has 1 aromatic carbocycles. The van der Waals surface area contributed by atoms with Gasteiger partial charge in [-0.15, -0.1) is 24.0 Å². The molecule has 5 nitrogen and oxygen atoms in total. The van der Waals surface area contributed by atoms with Crippen molar-refractivity contribution in [3.63, 3.8) is 0 Å². The summed E-state index contributed by atoms with van der Waals surface area (Å²) in [6.07, 6.45) is 4.00. The Morgan fingerprint density at radius 3 is 2.46 bits per heavy atom. The molecule has 2 N–H and O–H groups in total. The highest BCUT2D eigenvalue weighted by Gasteiger charge is 2.21. The van der Waals surface area contributed by atoms with Gasteiger partial charge in [-0.25, -0.2) is 0 Å². The number of hydrogen-bond acceptors (Lipinski definition) is 2. The molecular formula is C20H33IN4O. The van der Waals surface area contributed by atoms with E-state index in [1.165, 1.54) is 18.4 Å². The van der Waals surface area contributed by atoms with Crippen LogP contribution in [-0.4, -0.2) is 49.5 Å². The first-order chi connectivity index (χ1) is 12.1. The maximum atomic E-state index is 11.7. The van der Waals surface area contributed by atoms with E-state index in [1.807, 2.05) is 20.9 Å². The van der Waals surface area contributed by atoms with Crippen LogP contribution in [0.25, 0.3) is 0 Å². The van der Waals surface area contributed by atoms with E-state index in [4.69, 9.17) is 0 Å². The predicted molar refractivity (Wildman–Crippen MR) is 119 cm³/mol. The molecule has 1 saturated heterocycles. The van der Waals surface area contributed by atoms with Crippen molar-refractivity contribution >= 4 is 35.8 Å². The Balaban J connectivity index is 0.00000338. The van der Waals surface area contributed by atoms with Crippen molar-refractivity contribution in [2.24, 2.45) is 10.9 Å². The maximum Gasteiger partial charge on any atom is 0.221 e. The third-order valence-electron chi connectivity index (χ3n) is 4.58. The van der Waals surface area contributed by atoms with E-state index in [2.05, 4.69) is 50.9 Å². The molecule has 1 fully saturated rings. The van der Waals surface area contributed by atoms with Crippen LogP contribution in [0.4, 0.5) is 0 Å². The lowest BCUT2D eigenvalue weighted by molar-refractivity contribution is -0.121. The summed E-state index contributed by atoms with van der Waals surface area (Å²) < 4.78 is 0. The molecule has 2 rings (SSSR count). The molecule has 26 heavy (non-hydrogen) atoms. The lowest BCUT2D eigenvalue weighted by atomic mass is 9.90. The minimum Gasteiger partial charge on any atom is -0.356 e. The molecule has 0 unspecified atom stereocenters. The summed E-state index contributed by atoms with van der Waals surface area (Å²) in [4.78, 5) is 18.4. The SMILES string of the molecule is CN=C(NCCC(=O)NC(C)C)N1CCC(Cc2ccccc2)CC1.I. The van der Waals surface area contributed by atoms with Gasteiger partial charge in [-0.3, -0.25) is 9.79 Å². The molecule has 1 heterocycles. The van der Waals surface area contributed by atoms with E-state index in [9.17, 15) is 4.79 Å². The predicted octanol–water partition coefficient (Wildman–Crippen LogP) is 3.05. The molecule has 1 amide bonds. The van der Waals surface area contributed by atoms with E-state index < -0.39 is 0 Å². The van der Waals surface area contributed by atoms with Crippen LogP contribution in [0.5, 0.6) is 0 Å². The van der Waals surface area contributed by atoms with Gasteiger partial charge in [0.25, 0.3) is 0 Å². The highest BCUT2D eigenvalue weighted by molar-refractivity contribution is 14.0. The Labute approximate surface area is 175 Å². The Morgan fingerprint density at radius 2 is 1.88 bits per heavy atom. The zero-order chi connectivity index (χ0) is 18.1. The molecule has 1 aliphatic rings. The number of carbonyl (C=O) groups excluding carboxylic acids is 1. The maximum absolute atomic E-state index is 11.7. The van der Waals surface area contributed by atoms with Crippen LogP contribution in [0, 0.1) is 5.92 Å². The van der Waals surface area contributed by atoms with E-state index >= 15 is 0 Å². The minimum absolute atomic E-state index is 0. The molecule has 0 saturated carbocycles. The van der Waals surface area contributed by atoms with E-state index in [1.54, 1.807) is 0 Å². The van der Waals surface area contributed by atoms with Crippen molar-refractivity contribution in [2.75, 3.05) is 26.7 Å². The largest absolute Gasteiger partial charge is 0.356 e. The molecule has 0 atom stereocenters. The van der Waals surface area contributed by atoms with Gasteiger partial charge < -0.3 is 15.5 Å². The first-order valence-electron chi connectivity index (χ1n) is 9.37. The fraction of sp³-hybridized carbons (Fsp3) is 0.600. The van der Waals surface area contributed by atoms with Gasteiger partial charge in [0.1, 0.15) is 0 Å². The number of guanidine groups is 1. The lowest BCUT2D eigenvalue weighted by Crippen LogP contribution is -2.46. The highest BCUT2D eigenvalue weighted by Crippen LogP contribution is 2.21. The van der Waals surface area contributed by atoms with Crippen molar-refractivity contribution in [3.05, 3.63) is 35.9 Å². The van der Waals surface area contributed by atoms with E-state index in [0.29, 0.717) is 13.0 Å². The normalized spacial score (nSPS) is 15.5. The lowest BCUT2D eigenvalue weighted by Gasteiger charge is -2.34. The van der Waals surface area contributed by atoms with Gasteiger partial charge in [-0.05, 0) is 44.6 Å². The fourth-order valence-corrected chi connectivity index (χ4v) is 3.31. The summed E-state index contributed by atoms with van der Waals surface area (Å²) >= 11 is 0. The second kappa shape index (κ2) is 12.1. The highest BCUT2D eigenvalue weighted by atomic mass is 127. The zero-order valence-corrected chi connectivity index (χ0v) is 18.5. The first-order valence-corrected chi connectivity index (χ1v) is 9.37. The van der Waals surface area contributed by atoms with Crippen molar-refractivity contribution in [2.45, 2.75) is 45.6 Å². The molecule has 0 radical (unpaired) electrons. The quantitative estimate of drug-likeness (QED) is 0.380. The summed E-state index contributed by atoms with van der Waals surface area (Å²) in [6.45, 7) is 6.62. The fourth-order valence-electron chi connectivity index (χ4n) is 3.31. The van der Waals surface area contributed by atoms with Crippen LogP contribution in [0.3, 0.4) is 0 Å². The topological polar surface area (TPSA) is 56.7 Å². The third kappa shape index (κ3) is 7.93. The molecule has 0 aliphatic carbocycles. The molecular weight excluding hydrogens is 439 g/mol. The van der Waals surface area contributed by atoms with Crippen molar-refractivity contribution in [3.8, 4) is 0 Å². The average molecular weight is 472 g/mol. The van der Waals surface area contributed by atoms with Gasteiger partial charge in [-0.1, -0.05) is 30.3 Å². The van der Waals surface area contributed by atoms with Gasteiger partial charge in [0.15, 0.2) is 5.96 Å². The van der Waals surface area contributed by atoms with Crippen LogP contribution in [0.1, 0.15) is 38.7 Å². The van der Waals surface area contributed by atoms with Gasteiger partial charge in [0, 0.05) is 39.1 Å². The number of halogens is 1. The molecule has 0 aromatic heterocycles. The number of nitrogens with zero attached hydrogens (tertiary/aromatic N) is 2. The summed E-state index contributed by atoms with van der Waals surface area (Å²) in [7, 11) is 1.81. The van der Waals surface area contributed by atoms with Gasteiger partial charge in [-0.2, -0.15) is 0 Å². The Bertz CT molecular complexity index is 554. The number of aliphatic imine (C=N–C) groups is 1. The van der Waals surface area contributed by atoms with Crippen LogP contribution in [0.2, 0.25) is 0 Å². The van der Waals surface area contributed by atoms with Gasteiger partial charge in [0.2, 0.25) is 5.91 Å².